The van der Waals surface area contributed by atoms with Crippen molar-refractivity contribution in [1.29, 1.82) is 0 Å². The van der Waals surface area contributed by atoms with Crippen molar-refractivity contribution in [3.05, 3.63) is 95.3 Å². The average Bonchev–Trinajstić information content (AvgIpc) is 2.79. The van der Waals surface area contributed by atoms with E-state index in [1.54, 1.807) is 12.1 Å². The number of anilines is 1. The minimum Gasteiger partial charge on any atom is -0.449 e. The Bertz CT molecular complexity index is 1300. The number of carbonyl (C=O) groups is 2. The Morgan fingerprint density at radius 2 is 1.59 bits per heavy atom. The highest BCUT2D eigenvalue weighted by Gasteiger charge is 2.24. The van der Waals surface area contributed by atoms with Gasteiger partial charge in [-0.05, 0) is 62.2 Å². The van der Waals surface area contributed by atoms with Crippen molar-refractivity contribution in [2.75, 3.05) is 4.72 Å². The smallest absolute Gasteiger partial charge is 0.341 e. The summed E-state index contributed by atoms with van der Waals surface area (Å²) in [6.45, 7) is 4.71. The fraction of sp³-hybridized carbons (Fsp3) is 0.200. The highest BCUT2D eigenvalue weighted by atomic mass is 32.2. The average molecular weight is 485 g/mol. The number of rotatable bonds is 8. The van der Waals surface area contributed by atoms with Crippen LogP contribution in [0.2, 0.25) is 0 Å². The van der Waals surface area contributed by atoms with Crippen LogP contribution in [0.1, 0.15) is 41.4 Å². The SMILES string of the molecule is Cc1cc(F)ccc1S(=O)(=O)Nc1ccccc1C(=O)OC(C)C(=O)NC(C)c1ccccc1. The first-order valence-corrected chi connectivity index (χ1v) is 12.0. The van der Waals surface area contributed by atoms with E-state index in [1.807, 2.05) is 37.3 Å². The van der Waals surface area contributed by atoms with Crippen molar-refractivity contribution in [2.45, 2.75) is 37.8 Å². The van der Waals surface area contributed by atoms with E-state index in [4.69, 9.17) is 4.74 Å². The van der Waals surface area contributed by atoms with E-state index < -0.39 is 33.8 Å². The van der Waals surface area contributed by atoms with Gasteiger partial charge in [-0.2, -0.15) is 0 Å². The molecule has 0 heterocycles. The highest BCUT2D eigenvalue weighted by Crippen LogP contribution is 2.24. The fourth-order valence-corrected chi connectivity index (χ4v) is 4.61. The van der Waals surface area contributed by atoms with Crippen LogP contribution < -0.4 is 10.0 Å². The number of hydrogen-bond acceptors (Lipinski definition) is 5. The summed E-state index contributed by atoms with van der Waals surface area (Å²) in [5, 5.41) is 2.78. The van der Waals surface area contributed by atoms with Crippen molar-refractivity contribution >= 4 is 27.6 Å². The molecule has 0 aliphatic carbocycles. The molecular weight excluding hydrogens is 459 g/mol. The van der Waals surface area contributed by atoms with Gasteiger partial charge in [-0.3, -0.25) is 9.52 Å². The Labute approximate surface area is 198 Å². The molecule has 2 atom stereocenters. The molecule has 2 unspecified atom stereocenters. The third-order valence-electron chi connectivity index (χ3n) is 5.13. The third kappa shape index (κ3) is 5.99. The van der Waals surface area contributed by atoms with Crippen LogP contribution in [0.4, 0.5) is 10.1 Å². The van der Waals surface area contributed by atoms with Crippen LogP contribution in [0.15, 0.2) is 77.7 Å². The van der Waals surface area contributed by atoms with Crippen LogP contribution >= 0.6 is 0 Å². The predicted octanol–water partition coefficient (Wildman–Crippen LogP) is 4.36. The summed E-state index contributed by atoms with van der Waals surface area (Å²) >= 11 is 0. The van der Waals surface area contributed by atoms with E-state index in [1.165, 1.54) is 26.0 Å². The molecule has 0 saturated heterocycles. The maximum Gasteiger partial charge on any atom is 0.341 e. The lowest BCUT2D eigenvalue weighted by atomic mass is 10.1. The van der Waals surface area contributed by atoms with Gasteiger partial charge in [0.15, 0.2) is 6.10 Å². The maximum atomic E-state index is 13.4. The van der Waals surface area contributed by atoms with E-state index in [0.29, 0.717) is 0 Å². The molecule has 178 valence electrons. The molecule has 7 nitrogen and oxygen atoms in total. The first kappa shape index (κ1) is 24.9. The second-order valence-corrected chi connectivity index (χ2v) is 9.40. The number of amides is 1. The lowest BCUT2D eigenvalue weighted by Gasteiger charge is -2.19. The van der Waals surface area contributed by atoms with Crippen LogP contribution in [0, 0.1) is 12.7 Å². The van der Waals surface area contributed by atoms with Gasteiger partial charge in [0.2, 0.25) is 0 Å². The number of para-hydroxylation sites is 1. The monoisotopic (exact) mass is 484 g/mol. The number of benzene rings is 3. The number of hydrogen-bond donors (Lipinski definition) is 2. The third-order valence-corrected chi connectivity index (χ3v) is 6.65. The van der Waals surface area contributed by atoms with Crippen molar-refractivity contribution < 1.29 is 27.1 Å². The first-order valence-electron chi connectivity index (χ1n) is 10.5. The van der Waals surface area contributed by atoms with Crippen molar-refractivity contribution in [1.82, 2.24) is 5.32 Å². The number of ether oxygens (including phenoxy) is 1. The second-order valence-electron chi connectivity index (χ2n) is 7.75. The zero-order chi connectivity index (χ0) is 24.9. The van der Waals surface area contributed by atoms with Gasteiger partial charge in [0.05, 0.1) is 22.2 Å². The predicted molar refractivity (Wildman–Crippen MR) is 126 cm³/mol. The first-order chi connectivity index (χ1) is 16.1. The quantitative estimate of drug-likeness (QED) is 0.463. The van der Waals surface area contributed by atoms with E-state index >= 15 is 0 Å². The van der Waals surface area contributed by atoms with Gasteiger partial charge in [0.1, 0.15) is 5.82 Å². The summed E-state index contributed by atoms with van der Waals surface area (Å²) < 4.78 is 46.7. The second kappa shape index (κ2) is 10.5. The van der Waals surface area contributed by atoms with Crippen LogP contribution in [0.5, 0.6) is 0 Å². The molecule has 0 aliphatic heterocycles. The summed E-state index contributed by atoms with van der Waals surface area (Å²) in [5.74, 6) is -1.93. The summed E-state index contributed by atoms with van der Waals surface area (Å²) in [5.41, 5.74) is 1.01. The van der Waals surface area contributed by atoms with Gasteiger partial charge in [-0.1, -0.05) is 42.5 Å². The van der Waals surface area contributed by atoms with Gasteiger partial charge in [0, 0.05) is 0 Å². The number of aryl methyl sites for hydroxylation is 1. The molecule has 2 N–H and O–H groups in total. The molecule has 0 radical (unpaired) electrons. The Hall–Kier alpha value is -3.72. The van der Waals surface area contributed by atoms with Crippen LogP contribution in [-0.2, 0) is 19.6 Å². The molecule has 0 fully saturated rings. The lowest BCUT2D eigenvalue weighted by molar-refractivity contribution is -0.129. The molecule has 9 heteroatoms. The largest absolute Gasteiger partial charge is 0.449 e. The van der Waals surface area contributed by atoms with Crippen molar-refractivity contribution in [2.24, 2.45) is 0 Å². The number of halogens is 1. The Morgan fingerprint density at radius 1 is 0.941 bits per heavy atom. The maximum absolute atomic E-state index is 13.4. The molecule has 3 aromatic carbocycles. The molecule has 3 rings (SSSR count). The molecule has 34 heavy (non-hydrogen) atoms. The number of carbonyl (C=O) groups excluding carboxylic acids is 2. The zero-order valence-corrected chi connectivity index (χ0v) is 19.7. The summed E-state index contributed by atoms with van der Waals surface area (Å²) in [7, 11) is -4.11. The molecule has 3 aromatic rings. The topological polar surface area (TPSA) is 102 Å². The van der Waals surface area contributed by atoms with Gasteiger partial charge in [-0.15, -0.1) is 0 Å². The van der Waals surface area contributed by atoms with Crippen LogP contribution in [0.25, 0.3) is 0 Å². The molecule has 1 amide bonds. The summed E-state index contributed by atoms with van der Waals surface area (Å²) in [6.07, 6.45) is -1.12. The Balaban J connectivity index is 1.73. The molecule has 0 aliphatic rings. The highest BCUT2D eigenvalue weighted by molar-refractivity contribution is 7.92. The Morgan fingerprint density at radius 3 is 2.26 bits per heavy atom. The fourth-order valence-electron chi connectivity index (χ4n) is 3.30. The summed E-state index contributed by atoms with van der Waals surface area (Å²) in [4.78, 5) is 25.2. The molecule has 0 bridgehead atoms. The molecule has 0 saturated carbocycles. The van der Waals surface area contributed by atoms with Crippen molar-refractivity contribution in [3.8, 4) is 0 Å². The van der Waals surface area contributed by atoms with E-state index in [9.17, 15) is 22.4 Å². The van der Waals surface area contributed by atoms with Crippen LogP contribution in [-0.4, -0.2) is 26.4 Å². The zero-order valence-electron chi connectivity index (χ0n) is 18.9. The van der Waals surface area contributed by atoms with E-state index in [2.05, 4.69) is 10.0 Å². The minimum absolute atomic E-state index is 0.0264. The number of nitrogens with one attached hydrogen (secondary N) is 2. The van der Waals surface area contributed by atoms with Crippen molar-refractivity contribution in [3.63, 3.8) is 0 Å². The van der Waals surface area contributed by atoms with Gasteiger partial charge in [0.25, 0.3) is 15.9 Å². The molecule has 0 aromatic heterocycles. The summed E-state index contributed by atoms with van der Waals surface area (Å²) in [6, 6.07) is 18.2. The number of sulfonamides is 1. The number of esters is 1. The lowest BCUT2D eigenvalue weighted by Crippen LogP contribution is -2.37. The van der Waals surface area contributed by atoms with Gasteiger partial charge >= 0.3 is 5.97 Å². The van der Waals surface area contributed by atoms with E-state index in [-0.39, 0.29) is 27.8 Å². The minimum atomic E-state index is -4.11. The van der Waals surface area contributed by atoms with E-state index in [0.717, 1.165) is 23.8 Å². The molecule has 0 spiro atoms. The van der Waals surface area contributed by atoms with Gasteiger partial charge in [-0.25, -0.2) is 17.6 Å². The van der Waals surface area contributed by atoms with Crippen LogP contribution in [0.3, 0.4) is 0 Å². The standard InChI is InChI=1S/C25H25FN2O5S/c1-16-15-20(26)13-14-23(16)34(31,32)28-22-12-8-7-11-21(22)25(30)33-18(3)24(29)27-17(2)19-9-5-4-6-10-19/h4-15,17-18,28H,1-3H3,(H,27,29). The normalized spacial score (nSPS) is 12.9. The van der Waals surface area contributed by atoms with Gasteiger partial charge < -0.3 is 10.1 Å². The molecular formula is C25H25FN2O5S. The Kier molecular flexibility index (Phi) is 7.68.